The lowest BCUT2D eigenvalue weighted by Gasteiger charge is -2.46. The number of likely N-dealkylation sites (tertiary alicyclic amines) is 1. The average Bonchev–Trinajstić information content (AvgIpc) is 3.95. The number of imide groups is 1. The molecule has 4 aromatic carbocycles. The molecule has 0 saturated carbocycles. The van der Waals surface area contributed by atoms with Crippen LogP contribution in [-0.2, 0) is 53.1 Å². The second kappa shape index (κ2) is 23.1. The molecule has 4 aliphatic rings. The van der Waals surface area contributed by atoms with Crippen LogP contribution in [-0.4, -0.2) is 116 Å². The van der Waals surface area contributed by atoms with E-state index in [-0.39, 0.29) is 36.4 Å². The summed E-state index contributed by atoms with van der Waals surface area (Å²) in [4.78, 5) is 107. The highest BCUT2D eigenvalue weighted by atomic mass is 16.6. The number of urea groups is 1. The zero-order valence-electron chi connectivity index (χ0n) is 42.2. The van der Waals surface area contributed by atoms with Crippen LogP contribution in [0.4, 0.5) is 10.5 Å². The van der Waals surface area contributed by atoms with Gasteiger partial charge in [0.1, 0.15) is 36.0 Å². The summed E-state index contributed by atoms with van der Waals surface area (Å²) in [5.74, 6) is -1.75. The van der Waals surface area contributed by atoms with Gasteiger partial charge in [0.2, 0.25) is 11.8 Å². The number of cyclic esters (lactones) is 1. The minimum Gasteiger partial charge on any atom is -0.491 e. The maximum Gasteiger partial charge on any atom is 0.329 e. The molecular weight excluding hydrogens is 949 g/mol. The Morgan fingerprint density at radius 3 is 2.00 bits per heavy atom. The normalized spacial score (nSPS) is 22.8. The van der Waals surface area contributed by atoms with Gasteiger partial charge in [-0.25, -0.2) is 14.5 Å². The van der Waals surface area contributed by atoms with E-state index in [0.717, 1.165) is 38.4 Å². The number of methoxy groups -OCH3 is 3. The molecular formula is C57H62N4O13. The molecule has 0 radical (unpaired) electrons. The maximum atomic E-state index is 16.9. The summed E-state index contributed by atoms with van der Waals surface area (Å²) in [6.45, 7) is 3.73. The van der Waals surface area contributed by atoms with Crippen molar-refractivity contribution in [3.63, 3.8) is 0 Å². The Morgan fingerprint density at radius 2 is 1.38 bits per heavy atom. The molecule has 8 rings (SSSR count). The zero-order chi connectivity index (χ0) is 52.7. The van der Waals surface area contributed by atoms with Gasteiger partial charge in [-0.15, -0.1) is 0 Å². The SMILES string of the molecule is COC(=O)C(CC#Cc1ccc2c(c1)[C@]1(C(=O)N2C(=O)N[C@H](C(=O)OC)C(C)C)[C@H](c2cccc(OCCO)c2)N2[C@H](c3ccccc3)[C@H](c3ccccc3)OC(=O)[C@H]2[C@@H]1C(=O)N1CCCCCCC1)C(=O)OC. The number of benzene rings is 4. The summed E-state index contributed by atoms with van der Waals surface area (Å²) in [6, 6.07) is 24.4. The van der Waals surface area contributed by atoms with E-state index in [9.17, 15) is 19.5 Å². The van der Waals surface area contributed by atoms with Gasteiger partial charge in [-0.1, -0.05) is 118 Å². The van der Waals surface area contributed by atoms with E-state index >= 15 is 19.2 Å². The van der Waals surface area contributed by atoms with Gasteiger partial charge in [-0.3, -0.25) is 28.9 Å². The lowest BCUT2D eigenvalue weighted by molar-refractivity contribution is -0.179. The molecule has 388 valence electrons. The fourth-order valence-corrected chi connectivity index (χ4v) is 11.2. The van der Waals surface area contributed by atoms with Crippen LogP contribution in [0.15, 0.2) is 103 Å². The van der Waals surface area contributed by atoms with Crippen LogP contribution in [0.25, 0.3) is 0 Å². The van der Waals surface area contributed by atoms with E-state index in [0.29, 0.717) is 48.4 Å². The largest absolute Gasteiger partial charge is 0.491 e. The number of morpholine rings is 1. The van der Waals surface area contributed by atoms with Crippen molar-refractivity contribution in [2.75, 3.05) is 52.5 Å². The zero-order valence-corrected chi connectivity index (χ0v) is 42.2. The van der Waals surface area contributed by atoms with Crippen molar-refractivity contribution in [3.05, 3.63) is 131 Å². The number of fused-ring (bicyclic) bond motifs is 3. The highest BCUT2D eigenvalue weighted by Crippen LogP contribution is 2.66. The quantitative estimate of drug-likeness (QED) is 0.0670. The van der Waals surface area contributed by atoms with Crippen LogP contribution in [0.2, 0.25) is 0 Å². The van der Waals surface area contributed by atoms with E-state index < -0.39 is 95.2 Å². The number of ether oxygens (including phenoxy) is 5. The molecule has 7 atom stereocenters. The van der Waals surface area contributed by atoms with Crippen LogP contribution in [0.1, 0.15) is 98.4 Å². The smallest absolute Gasteiger partial charge is 0.329 e. The first-order valence-corrected chi connectivity index (χ1v) is 25.0. The molecule has 17 nitrogen and oxygen atoms in total. The summed E-state index contributed by atoms with van der Waals surface area (Å²) in [5, 5.41) is 12.6. The van der Waals surface area contributed by atoms with Crippen LogP contribution in [0.3, 0.4) is 0 Å². The maximum absolute atomic E-state index is 16.9. The minimum absolute atomic E-state index is 0.0552. The van der Waals surface area contributed by atoms with Crippen molar-refractivity contribution >= 4 is 47.4 Å². The Balaban J connectivity index is 1.47. The van der Waals surface area contributed by atoms with Crippen LogP contribution in [0, 0.1) is 29.6 Å². The molecule has 3 saturated heterocycles. The van der Waals surface area contributed by atoms with Crippen molar-refractivity contribution in [1.82, 2.24) is 15.1 Å². The molecule has 4 amide bonds. The highest BCUT2D eigenvalue weighted by molar-refractivity contribution is 6.25. The Hall–Kier alpha value is -7.55. The molecule has 17 heteroatoms. The Bertz CT molecular complexity index is 2790. The molecule has 2 N–H and O–H groups in total. The number of anilines is 1. The Kier molecular flexibility index (Phi) is 16.5. The Morgan fingerprint density at radius 1 is 0.757 bits per heavy atom. The molecule has 0 aromatic heterocycles. The van der Waals surface area contributed by atoms with Crippen LogP contribution >= 0.6 is 0 Å². The van der Waals surface area contributed by atoms with Gasteiger partial charge in [-0.05, 0) is 71.3 Å². The molecule has 1 spiro atoms. The summed E-state index contributed by atoms with van der Waals surface area (Å²) in [6.07, 6.45) is 2.75. The summed E-state index contributed by atoms with van der Waals surface area (Å²) in [7, 11) is 3.48. The molecule has 74 heavy (non-hydrogen) atoms. The highest BCUT2D eigenvalue weighted by Gasteiger charge is 2.76. The number of nitrogens with one attached hydrogen (secondary N) is 1. The second-order valence-corrected chi connectivity index (χ2v) is 19.2. The van der Waals surface area contributed by atoms with E-state index in [1.54, 1.807) is 55.1 Å². The third-order valence-corrected chi connectivity index (χ3v) is 14.5. The van der Waals surface area contributed by atoms with Crippen LogP contribution < -0.4 is 15.0 Å². The van der Waals surface area contributed by atoms with Crippen molar-refractivity contribution in [1.29, 1.82) is 0 Å². The van der Waals surface area contributed by atoms with Crippen molar-refractivity contribution in [3.8, 4) is 17.6 Å². The molecule has 0 aliphatic carbocycles. The van der Waals surface area contributed by atoms with Gasteiger partial charge in [-0.2, -0.15) is 0 Å². The predicted molar refractivity (Wildman–Crippen MR) is 269 cm³/mol. The standard InChI is InChI=1S/C57H62N4O13/c1-35(2)45(53(66)72-5)58-56(69)60-43-28-27-36(19-17-26-41(51(64)70-3)52(65)71-4)33-42(43)57(55(60)68)44(50(63)59-29-15-7-6-8-16-30-59)47-54(67)74-48(38-22-13-10-14-23-38)46(37-20-11-9-12-21-37)61(47)49(57)39-24-18-25-40(34-39)73-32-31-62/h9-14,18,20-25,27-28,33-35,41,44-49,62H,6-8,15-16,26,29-32H2,1-5H3,(H,58,69)/t44-,45+,46-,47-,48+,49+,57-/m1/s1. The monoisotopic (exact) mass is 1010 g/mol. The number of nitrogens with zero attached hydrogens (tertiary/aromatic N) is 3. The summed E-state index contributed by atoms with van der Waals surface area (Å²) < 4.78 is 27.5. The first-order chi connectivity index (χ1) is 35.8. The lowest BCUT2D eigenvalue weighted by atomic mass is 9.64. The van der Waals surface area contributed by atoms with Crippen molar-refractivity contribution in [2.24, 2.45) is 17.8 Å². The number of carbonyl (C=O) groups is 7. The molecule has 4 aromatic rings. The topological polar surface area (TPSA) is 208 Å². The van der Waals surface area contributed by atoms with Crippen molar-refractivity contribution < 1.29 is 62.4 Å². The molecule has 0 bridgehead atoms. The van der Waals surface area contributed by atoms with E-state index in [1.807, 2.05) is 65.6 Å². The van der Waals surface area contributed by atoms with Crippen molar-refractivity contribution in [2.45, 2.75) is 88.1 Å². The predicted octanol–water partition coefficient (Wildman–Crippen LogP) is 6.13. The number of amides is 4. The first-order valence-electron chi connectivity index (χ1n) is 25.0. The minimum atomic E-state index is -2.17. The van der Waals surface area contributed by atoms with Gasteiger partial charge in [0.05, 0.1) is 51.6 Å². The fraction of sp³-hybridized carbons (Fsp3) is 0.421. The number of hydrogen-bond acceptors (Lipinski definition) is 14. The summed E-state index contributed by atoms with van der Waals surface area (Å²) >= 11 is 0. The van der Waals surface area contributed by atoms with E-state index in [4.69, 9.17) is 23.7 Å². The van der Waals surface area contributed by atoms with Gasteiger partial charge >= 0.3 is 29.9 Å². The molecule has 4 heterocycles. The number of aliphatic hydroxyl groups is 1. The average molecular weight is 1010 g/mol. The number of esters is 4. The van der Waals surface area contributed by atoms with Gasteiger partial charge < -0.3 is 39.0 Å². The third kappa shape index (κ3) is 9.95. The van der Waals surface area contributed by atoms with Gasteiger partial charge in [0.15, 0.2) is 5.92 Å². The third-order valence-electron chi connectivity index (χ3n) is 14.5. The van der Waals surface area contributed by atoms with E-state index in [2.05, 4.69) is 17.2 Å². The molecule has 3 fully saturated rings. The second-order valence-electron chi connectivity index (χ2n) is 19.2. The number of carbonyl (C=O) groups excluding carboxylic acids is 7. The lowest BCUT2D eigenvalue weighted by Crippen LogP contribution is -2.58. The van der Waals surface area contributed by atoms with Gasteiger partial charge in [0, 0.05) is 25.1 Å². The Labute approximate surface area is 430 Å². The first kappa shape index (κ1) is 52.8. The van der Waals surface area contributed by atoms with Crippen LogP contribution in [0.5, 0.6) is 5.75 Å². The van der Waals surface area contributed by atoms with E-state index in [1.165, 1.54) is 13.2 Å². The molecule has 0 unspecified atom stereocenters. The number of aliphatic hydroxyl groups excluding tert-OH is 1. The number of hydrogen-bond donors (Lipinski definition) is 2. The fourth-order valence-electron chi connectivity index (χ4n) is 11.2. The number of rotatable bonds is 13. The summed E-state index contributed by atoms with van der Waals surface area (Å²) in [5.41, 5.74) is 0.115. The molecule has 4 aliphatic heterocycles. The van der Waals surface area contributed by atoms with Gasteiger partial charge in [0.25, 0.3) is 0 Å².